The summed E-state index contributed by atoms with van der Waals surface area (Å²) in [5.41, 5.74) is 2.00. The number of benzene rings is 2. The second-order valence-corrected chi connectivity index (χ2v) is 4.59. The van der Waals surface area contributed by atoms with Gasteiger partial charge in [0.25, 0.3) is 0 Å². The average molecular weight is 254 g/mol. The number of carbonyl (C=O) groups excluding carboxylic acids is 1. The lowest BCUT2D eigenvalue weighted by atomic mass is 10.0. The molecule has 0 heterocycles. The van der Waals surface area contributed by atoms with Gasteiger partial charge in [-0.05, 0) is 18.1 Å². The Hall–Kier alpha value is -2.09. The summed E-state index contributed by atoms with van der Waals surface area (Å²) in [5, 5.41) is 0. The summed E-state index contributed by atoms with van der Waals surface area (Å²) in [6, 6.07) is 17.6. The van der Waals surface area contributed by atoms with Crippen molar-refractivity contribution < 1.29 is 9.53 Å². The van der Waals surface area contributed by atoms with Gasteiger partial charge in [-0.3, -0.25) is 4.79 Å². The first kappa shape index (κ1) is 13.3. The monoisotopic (exact) mass is 254 g/mol. The lowest BCUT2D eigenvalue weighted by Crippen LogP contribution is -2.17. The summed E-state index contributed by atoms with van der Waals surface area (Å²) >= 11 is 0. The number of esters is 1. The number of carbonyl (C=O) groups is 1. The Labute approximate surface area is 114 Å². The van der Waals surface area contributed by atoms with E-state index < -0.39 is 0 Å². The van der Waals surface area contributed by atoms with Crippen LogP contribution in [-0.2, 0) is 4.79 Å². The largest absolute Gasteiger partial charge is 0.426 e. The molecule has 2 rings (SSSR count). The van der Waals surface area contributed by atoms with Crippen LogP contribution in [0.15, 0.2) is 54.6 Å². The van der Waals surface area contributed by atoms with Crippen molar-refractivity contribution in [1.29, 1.82) is 0 Å². The summed E-state index contributed by atoms with van der Waals surface area (Å²) in [6.07, 6.45) is 0.784. The first-order valence-electron chi connectivity index (χ1n) is 6.58. The van der Waals surface area contributed by atoms with Gasteiger partial charge in [-0.2, -0.15) is 0 Å². The van der Waals surface area contributed by atoms with Crippen LogP contribution in [0, 0.1) is 5.92 Å². The normalized spacial score (nSPS) is 11.9. The molecule has 2 aromatic rings. The zero-order valence-corrected chi connectivity index (χ0v) is 11.3. The first-order chi connectivity index (χ1) is 9.22. The molecule has 0 spiro atoms. The Morgan fingerprint density at radius 2 is 1.68 bits per heavy atom. The van der Waals surface area contributed by atoms with Gasteiger partial charge in [0.1, 0.15) is 5.75 Å². The van der Waals surface area contributed by atoms with Gasteiger partial charge in [-0.1, -0.05) is 62.4 Å². The third-order valence-electron chi connectivity index (χ3n) is 3.20. The van der Waals surface area contributed by atoms with Crippen LogP contribution in [0.1, 0.15) is 20.3 Å². The summed E-state index contributed by atoms with van der Waals surface area (Å²) in [5.74, 6) is 0.369. The maximum Gasteiger partial charge on any atom is 0.314 e. The maximum atomic E-state index is 11.9. The molecule has 0 amide bonds. The lowest BCUT2D eigenvalue weighted by Gasteiger charge is -2.12. The number of para-hydroxylation sites is 1. The van der Waals surface area contributed by atoms with E-state index in [2.05, 4.69) is 0 Å². The van der Waals surface area contributed by atoms with E-state index in [1.807, 2.05) is 68.4 Å². The predicted octanol–water partition coefficient (Wildman–Crippen LogP) is 4.31. The van der Waals surface area contributed by atoms with Crippen LogP contribution in [0.2, 0.25) is 0 Å². The molecule has 0 radical (unpaired) electrons. The molecular weight excluding hydrogens is 236 g/mol. The van der Waals surface area contributed by atoms with Crippen LogP contribution >= 0.6 is 0 Å². The van der Waals surface area contributed by atoms with Crippen molar-refractivity contribution in [3.8, 4) is 16.9 Å². The predicted molar refractivity (Wildman–Crippen MR) is 77.0 cm³/mol. The number of ether oxygens (including phenoxy) is 1. The molecule has 0 aliphatic heterocycles. The van der Waals surface area contributed by atoms with E-state index >= 15 is 0 Å². The number of hydrogen-bond acceptors (Lipinski definition) is 2. The molecule has 2 heteroatoms. The van der Waals surface area contributed by atoms with Gasteiger partial charge in [-0.15, -0.1) is 0 Å². The molecule has 0 aliphatic carbocycles. The highest BCUT2D eigenvalue weighted by Crippen LogP contribution is 2.30. The Kier molecular flexibility index (Phi) is 4.35. The molecule has 2 aromatic carbocycles. The van der Waals surface area contributed by atoms with Crippen LogP contribution in [0.4, 0.5) is 0 Å². The minimum absolute atomic E-state index is 0.0798. The third kappa shape index (κ3) is 3.22. The van der Waals surface area contributed by atoms with Crippen LogP contribution in [0.5, 0.6) is 5.75 Å². The molecular formula is C17H18O2. The van der Waals surface area contributed by atoms with Gasteiger partial charge < -0.3 is 4.74 Å². The minimum atomic E-state index is -0.175. The number of hydrogen-bond donors (Lipinski definition) is 0. The highest BCUT2D eigenvalue weighted by Gasteiger charge is 2.15. The molecule has 19 heavy (non-hydrogen) atoms. The lowest BCUT2D eigenvalue weighted by molar-refractivity contribution is -0.138. The molecule has 0 N–H and O–H groups in total. The van der Waals surface area contributed by atoms with Crippen LogP contribution < -0.4 is 4.74 Å². The van der Waals surface area contributed by atoms with Gasteiger partial charge >= 0.3 is 5.97 Å². The van der Waals surface area contributed by atoms with E-state index in [9.17, 15) is 4.79 Å². The smallest absolute Gasteiger partial charge is 0.314 e. The summed E-state index contributed by atoms with van der Waals surface area (Å²) in [7, 11) is 0. The molecule has 0 saturated heterocycles. The molecule has 0 aliphatic rings. The van der Waals surface area contributed by atoms with Gasteiger partial charge in [0.15, 0.2) is 0 Å². The van der Waals surface area contributed by atoms with Crippen molar-refractivity contribution in [2.45, 2.75) is 20.3 Å². The highest BCUT2D eigenvalue weighted by molar-refractivity contribution is 5.79. The van der Waals surface area contributed by atoms with Crippen molar-refractivity contribution in [3.05, 3.63) is 54.6 Å². The topological polar surface area (TPSA) is 26.3 Å². The van der Waals surface area contributed by atoms with E-state index in [0.717, 1.165) is 17.5 Å². The molecule has 1 atom stereocenters. The van der Waals surface area contributed by atoms with Gasteiger partial charge in [0, 0.05) is 5.56 Å². The molecule has 1 unspecified atom stereocenters. The van der Waals surface area contributed by atoms with Crippen LogP contribution in [-0.4, -0.2) is 5.97 Å². The molecule has 0 bridgehead atoms. The summed E-state index contributed by atoms with van der Waals surface area (Å²) in [4.78, 5) is 11.9. The van der Waals surface area contributed by atoms with Crippen molar-refractivity contribution in [3.63, 3.8) is 0 Å². The second-order valence-electron chi connectivity index (χ2n) is 4.59. The fourth-order valence-corrected chi connectivity index (χ4v) is 1.79. The van der Waals surface area contributed by atoms with E-state index in [1.54, 1.807) is 0 Å². The van der Waals surface area contributed by atoms with Crippen LogP contribution in [0.3, 0.4) is 0 Å². The fourth-order valence-electron chi connectivity index (χ4n) is 1.79. The molecule has 98 valence electrons. The molecule has 2 nitrogen and oxygen atoms in total. The van der Waals surface area contributed by atoms with Gasteiger partial charge in [-0.25, -0.2) is 0 Å². The van der Waals surface area contributed by atoms with E-state index in [4.69, 9.17) is 4.74 Å². The van der Waals surface area contributed by atoms with E-state index in [-0.39, 0.29) is 11.9 Å². The standard InChI is InChI=1S/C17H18O2/c1-3-13(2)17(18)19-16-12-8-7-11-15(16)14-9-5-4-6-10-14/h4-13H,3H2,1-2H3. The van der Waals surface area contributed by atoms with Gasteiger partial charge in [0.2, 0.25) is 0 Å². The quantitative estimate of drug-likeness (QED) is 0.600. The molecule has 0 saturated carbocycles. The Morgan fingerprint density at radius 1 is 1.05 bits per heavy atom. The summed E-state index contributed by atoms with van der Waals surface area (Å²) in [6.45, 7) is 3.86. The second kappa shape index (κ2) is 6.19. The average Bonchev–Trinajstić information content (AvgIpc) is 2.47. The van der Waals surface area contributed by atoms with Crippen LogP contribution in [0.25, 0.3) is 11.1 Å². The Balaban J connectivity index is 2.30. The van der Waals surface area contributed by atoms with E-state index in [1.165, 1.54) is 0 Å². The van der Waals surface area contributed by atoms with Gasteiger partial charge in [0.05, 0.1) is 5.92 Å². The Bertz CT molecular complexity index is 546. The fraction of sp³-hybridized carbons (Fsp3) is 0.235. The van der Waals surface area contributed by atoms with E-state index in [0.29, 0.717) is 5.75 Å². The van der Waals surface area contributed by atoms with Crippen molar-refractivity contribution in [2.75, 3.05) is 0 Å². The van der Waals surface area contributed by atoms with Crippen molar-refractivity contribution in [2.24, 2.45) is 5.92 Å². The third-order valence-corrected chi connectivity index (χ3v) is 3.20. The maximum absolute atomic E-state index is 11.9. The zero-order valence-electron chi connectivity index (χ0n) is 11.3. The minimum Gasteiger partial charge on any atom is -0.426 e. The Morgan fingerprint density at radius 3 is 2.37 bits per heavy atom. The first-order valence-corrected chi connectivity index (χ1v) is 6.58. The van der Waals surface area contributed by atoms with Crippen molar-refractivity contribution in [1.82, 2.24) is 0 Å². The zero-order chi connectivity index (χ0) is 13.7. The van der Waals surface area contributed by atoms with Crippen molar-refractivity contribution >= 4 is 5.97 Å². The number of rotatable bonds is 4. The SMILES string of the molecule is CCC(C)C(=O)Oc1ccccc1-c1ccccc1. The highest BCUT2D eigenvalue weighted by atomic mass is 16.5. The summed E-state index contributed by atoms with van der Waals surface area (Å²) < 4.78 is 5.51. The molecule has 0 aromatic heterocycles. The molecule has 0 fully saturated rings.